The number of aromatic hydroxyl groups is 1. The van der Waals surface area contributed by atoms with Crippen LogP contribution in [0.4, 0.5) is 0 Å². The highest BCUT2D eigenvalue weighted by Crippen LogP contribution is 2.34. The fraction of sp³-hybridized carbons (Fsp3) is 0.250. The van der Waals surface area contributed by atoms with E-state index in [0.717, 1.165) is 5.57 Å². The van der Waals surface area contributed by atoms with Crippen LogP contribution in [-0.4, -0.2) is 10.2 Å². The minimum atomic E-state index is 0.207. The molecule has 0 spiro atoms. The fourth-order valence-corrected chi connectivity index (χ4v) is 2.14. The minimum absolute atomic E-state index is 0.207. The molecule has 0 unspecified atom stereocenters. The number of hydrogen-bond donors (Lipinski definition) is 2. The third-order valence-electron chi connectivity index (χ3n) is 2.92. The molecular weight excluding hydrogens is 224 g/mol. The summed E-state index contributed by atoms with van der Waals surface area (Å²) in [5.41, 5.74) is 2.65. The second kappa shape index (κ2) is 5.13. The summed E-state index contributed by atoms with van der Waals surface area (Å²) in [6.07, 6.45) is 6.44. The molecule has 18 heavy (non-hydrogen) atoms. The van der Waals surface area contributed by atoms with Crippen LogP contribution in [0, 0.1) is 5.92 Å². The summed E-state index contributed by atoms with van der Waals surface area (Å²) < 4.78 is 0. The summed E-state index contributed by atoms with van der Waals surface area (Å²) in [7, 11) is 0. The molecule has 1 aliphatic carbocycles. The average molecular weight is 242 g/mol. The van der Waals surface area contributed by atoms with Gasteiger partial charge in [-0.25, -0.2) is 0 Å². The maximum absolute atomic E-state index is 9.95. The molecule has 0 aromatic heterocycles. The lowest BCUT2D eigenvalue weighted by Crippen LogP contribution is -1.98. The van der Waals surface area contributed by atoms with Gasteiger partial charge in [0.1, 0.15) is 11.5 Å². The number of aliphatic hydroxyl groups is 1. The van der Waals surface area contributed by atoms with E-state index in [-0.39, 0.29) is 11.5 Å². The summed E-state index contributed by atoms with van der Waals surface area (Å²) in [4.78, 5) is 0. The van der Waals surface area contributed by atoms with Gasteiger partial charge in [0.15, 0.2) is 0 Å². The van der Waals surface area contributed by atoms with Gasteiger partial charge in [-0.2, -0.15) is 0 Å². The van der Waals surface area contributed by atoms with Crippen molar-refractivity contribution in [3.63, 3.8) is 0 Å². The molecule has 0 saturated heterocycles. The molecule has 1 aromatic carbocycles. The molecule has 0 heterocycles. The molecule has 0 aliphatic heterocycles. The molecule has 0 fully saturated rings. The zero-order chi connectivity index (χ0) is 13.1. The van der Waals surface area contributed by atoms with Crippen LogP contribution >= 0.6 is 0 Å². The number of hydrogen-bond acceptors (Lipinski definition) is 2. The Hall–Kier alpha value is -1.96. The molecule has 2 heteroatoms. The Balaban J connectivity index is 2.39. The fourth-order valence-electron chi connectivity index (χ4n) is 2.14. The zero-order valence-electron chi connectivity index (χ0n) is 10.7. The first-order valence-electron chi connectivity index (χ1n) is 6.17. The first-order valence-corrected chi connectivity index (χ1v) is 6.17. The van der Waals surface area contributed by atoms with Crippen molar-refractivity contribution in [3.05, 3.63) is 59.4 Å². The van der Waals surface area contributed by atoms with Crippen molar-refractivity contribution in [3.8, 4) is 5.75 Å². The van der Waals surface area contributed by atoms with E-state index in [1.807, 2.05) is 18.2 Å². The van der Waals surface area contributed by atoms with Crippen LogP contribution in [-0.2, 0) is 0 Å². The molecule has 2 nitrogen and oxygen atoms in total. The molecule has 0 radical (unpaired) electrons. The average Bonchev–Trinajstić information content (AvgIpc) is 2.32. The largest absolute Gasteiger partial charge is 0.508 e. The van der Waals surface area contributed by atoms with Gasteiger partial charge in [-0.3, -0.25) is 0 Å². The van der Waals surface area contributed by atoms with E-state index in [2.05, 4.69) is 19.9 Å². The standard InChI is InChI=1S/C16H18O2/c1-11(2)9-12-7-8-16(18)14(10-12)13-5-3-4-6-15(13)17/h3-9,11,17-18H,10H2,1-2H3. The molecule has 2 rings (SSSR count). The Kier molecular flexibility index (Phi) is 3.56. The van der Waals surface area contributed by atoms with Crippen LogP contribution < -0.4 is 0 Å². The number of aliphatic hydroxyl groups excluding tert-OH is 1. The Labute approximate surface area is 108 Å². The Morgan fingerprint density at radius 1 is 1.11 bits per heavy atom. The molecule has 1 aliphatic rings. The number of phenolic OH excluding ortho intramolecular Hbond substituents is 1. The normalized spacial score (nSPS) is 17.8. The molecule has 94 valence electrons. The predicted molar refractivity (Wildman–Crippen MR) is 74.3 cm³/mol. The van der Waals surface area contributed by atoms with Crippen molar-refractivity contribution in [1.82, 2.24) is 0 Å². The van der Waals surface area contributed by atoms with Gasteiger partial charge in [0.05, 0.1) is 0 Å². The van der Waals surface area contributed by atoms with Gasteiger partial charge in [-0.15, -0.1) is 0 Å². The van der Waals surface area contributed by atoms with Crippen LogP contribution in [0.3, 0.4) is 0 Å². The first kappa shape index (κ1) is 12.5. The van der Waals surface area contributed by atoms with E-state index in [4.69, 9.17) is 0 Å². The lowest BCUT2D eigenvalue weighted by molar-refractivity contribution is 0.431. The van der Waals surface area contributed by atoms with Crippen LogP contribution in [0.25, 0.3) is 5.57 Å². The number of para-hydroxylation sites is 1. The van der Waals surface area contributed by atoms with Crippen molar-refractivity contribution in [1.29, 1.82) is 0 Å². The van der Waals surface area contributed by atoms with Crippen LogP contribution in [0.1, 0.15) is 25.8 Å². The molecule has 2 N–H and O–H groups in total. The van der Waals surface area contributed by atoms with Gasteiger partial charge >= 0.3 is 0 Å². The summed E-state index contributed by atoms with van der Waals surface area (Å²) in [5, 5.41) is 19.8. The zero-order valence-corrected chi connectivity index (χ0v) is 10.7. The highest BCUT2D eigenvalue weighted by atomic mass is 16.3. The summed E-state index contributed by atoms with van der Waals surface area (Å²) in [5.74, 6) is 0.908. The highest BCUT2D eigenvalue weighted by Gasteiger charge is 2.15. The molecular formula is C16H18O2. The predicted octanol–water partition coefficient (Wildman–Crippen LogP) is 4.20. The van der Waals surface area contributed by atoms with Crippen molar-refractivity contribution < 1.29 is 10.2 Å². The topological polar surface area (TPSA) is 40.5 Å². The summed E-state index contributed by atoms with van der Waals surface area (Å²) in [6, 6.07) is 7.10. The quantitative estimate of drug-likeness (QED) is 0.815. The SMILES string of the molecule is CC(C)C=C1C=CC(O)=C(c2ccccc2O)C1. The Morgan fingerprint density at radius 3 is 2.50 bits per heavy atom. The second-order valence-corrected chi connectivity index (χ2v) is 4.88. The lowest BCUT2D eigenvalue weighted by atomic mass is 9.91. The van der Waals surface area contributed by atoms with Gasteiger partial charge in [-0.05, 0) is 23.6 Å². The number of allylic oxidation sites excluding steroid dienone is 5. The van der Waals surface area contributed by atoms with E-state index < -0.39 is 0 Å². The van der Waals surface area contributed by atoms with E-state index in [0.29, 0.717) is 17.9 Å². The van der Waals surface area contributed by atoms with Gasteiger partial charge in [0.2, 0.25) is 0 Å². The van der Waals surface area contributed by atoms with Crippen molar-refractivity contribution in [2.24, 2.45) is 5.92 Å². The Bertz CT molecular complexity index is 534. The second-order valence-electron chi connectivity index (χ2n) is 4.88. The molecule has 0 saturated carbocycles. The molecule has 0 atom stereocenters. The molecule has 0 bridgehead atoms. The minimum Gasteiger partial charge on any atom is -0.508 e. The van der Waals surface area contributed by atoms with Crippen LogP contribution in [0.2, 0.25) is 0 Å². The maximum atomic E-state index is 9.95. The number of rotatable bonds is 2. The van der Waals surface area contributed by atoms with E-state index in [9.17, 15) is 10.2 Å². The van der Waals surface area contributed by atoms with Gasteiger partial charge in [0.25, 0.3) is 0 Å². The number of phenols is 1. The molecule has 0 amide bonds. The van der Waals surface area contributed by atoms with Crippen LogP contribution in [0.15, 0.2) is 53.8 Å². The van der Waals surface area contributed by atoms with Crippen molar-refractivity contribution in [2.75, 3.05) is 0 Å². The molecule has 1 aromatic rings. The lowest BCUT2D eigenvalue weighted by Gasteiger charge is -2.16. The Morgan fingerprint density at radius 2 is 1.83 bits per heavy atom. The number of benzene rings is 1. The monoisotopic (exact) mass is 242 g/mol. The van der Waals surface area contributed by atoms with Gasteiger partial charge in [0, 0.05) is 17.6 Å². The smallest absolute Gasteiger partial charge is 0.123 e. The van der Waals surface area contributed by atoms with E-state index in [1.54, 1.807) is 18.2 Å². The first-order chi connectivity index (χ1) is 8.58. The van der Waals surface area contributed by atoms with Gasteiger partial charge in [-0.1, -0.05) is 44.2 Å². The van der Waals surface area contributed by atoms with Crippen LogP contribution in [0.5, 0.6) is 5.75 Å². The third-order valence-corrected chi connectivity index (χ3v) is 2.92. The van der Waals surface area contributed by atoms with E-state index in [1.165, 1.54) is 5.57 Å². The van der Waals surface area contributed by atoms with Gasteiger partial charge < -0.3 is 10.2 Å². The van der Waals surface area contributed by atoms with Crippen molar-refractivity contribution >= 4 is 5.57 Å². The highest BCUT2D eigenvalue weighted by molar-refractivity contribution is 5.76. The third kappa shape index (κ3) is 2.65. The summed E-state index contributed by atoms with van der Waals surface area (Å²) in [6.45, 7) is 4.25. The van der Waals surface area contributed by atoms with E-state index >= 15 is 0 Å². The maximum Gasteiger partial charge on any atom is 0.123 e. The summed E-state index contributed by atoms with van der Waals surface area (Å²) >= 11 is 0. The van der Waals surface area contributed by atoms with Crippen molar-refractivity contribution in [2.45, 2.75) is 20.3 Å².